The summed E-state index contributed by atoms with van der Waals surface area (Å²) in [5.74, 6) is -1.70. The second kappa shape index (κ2) is 8.81. The molecule has 6 nitrogen and oxygen atoms in total. The van der Waals surface area contributed by atoms with E-state index in [2.05, 4.69) is 5.32 Å². The van der Waals surface area contributed by atoms with Crippen LogP contribution in [0.3, 0.4) is 0 Å². The lowest BCUT2D eigenvalue weighted by atomic mass is 10.2. The second-order valence-corrected chi connectivity index (χ2v) is 7.33. The summed E-state index contributed by atoms with van der Waals surface area (Å²) in [7, 11) is -3.48. The van der Waals surface area contributed by atoms with Crippen molar-refractivity contribution < 1.29 is 23.5 Å². The Morgan fingerprint density at radius 2 is 1.60 bits per heavy atom. The topological polar surface area (TPSA) is 84.9 Å². The van der Waals surface area contributed by atoms with Crippen LogP contribution in [0.15, 0.2) is 54.6 Å². The van der Waals surface area contributed by atoms with Gasteiger partial charge in [0.15, 0.2) is 5.78 Å². The lowest BCUT2D eigenvalue weighted by molar-refractivity contribution is 0.0697. The van der Waals surface area contributed by atoms with Gasteiger partial charge in [0.05, 0.1) is 18.8 Å². The fraction of sp³-hybridized carbons (Fsp3) is 0.278. The van der Waals surface area contributed by atoms with Gasteiger partial charge in [-0.2, -0.15) is 0 Å². The number of carboxylic acids is 1. The van der Waals surface area contributed by atoms with Gasteiger partial charge in [-0.3, -0.25) is 4.57 Å². The van der Waals surface area contributed by atoms with Crippen molar-refractivity contribution in [2.75, 3.05) is 18.5 Å². The first kappa shape index (κ1) is 19.2. The van der Waals surface area contributed by atoms with Gasteiger partial charge in [-0.15, -0.1) is 0 Å². The molecular weight excluding hydrogens is 341 g/mol. The molecule has 25 heavy (non-hydrogen) atoms. The average Bonchev–Trinajstić information content (AvgIpc) is 2.61. The number of hydrogen-bond acceptors (Lipinski definition) is 5. The van der Waals surface area contributed by atoms with Gasteiger partial charge < -0.3 is 19.5 Å². The van der Waals surface area contributed by atoms with Crippen molar-refractivity contribution in [1.29, 1.82) is 0 Å². The SMILES string of the molecule is CCOP(=O)(OCC)[C@H](Nc1ccc(C(=O)O)cc1)c1ccccc1. The lowest BCUT2D eigenvalue weighted by Gasteiger charge is -2.28. The number of aromatic carboxylic acids is 1. The van der Waals surface area contributed by atoms with Crippen LogP contribution in [0.25, 0.3) is 0 Å². The molecule has 2 rings (SSSR count). The third-order valence-corrected chi connectivity index (χ3v) is 5.78. The zero-order valence-corrected chi connectivity index (χ0v) is 15.1. The molecule has 0 radical (unpaired) electrons. The molecule has 0 bridgehead atoms. The Morgan fingerprint density at radius 1 is 1.04 bits per heavy atom. The Bertz CT molecular complexity index is 723. The first-order chi connectivity index (χ1) is 12.0. The molecule has 0 fully saturated rings. The molecule has 0 heterocycles. The molecule has 0 amide bonds. The molecular formula is C18H22NO5P. The van der Waals surface area contributed by atoms with E-state index < -0.39 is 19.3 Å². The van der Waals surface area contributed by atoms with E-state index in [4.69, 9.17) is 14.2 Å². The molecule has 0 aromatic heterocycles. The van der Waals surface area contributed by atoms with E-state index in [1.807, 2.05) is 30.3 Å². The van der Waals surface area contributed by atoms with Gasteiger partial charge >= 0.3 is 13.6 Å². The van der Waals surface area contributed by atoms with Gasteiger partial charge in [0.25, 0.3) is 0 Å². The van der Waals surface area contributed by atoms with Crippen molar-refractivity contribution >= 4 is 19.3 Å². The van der Waals surface area contributed by atoms with E-state index in [0.717, 1.165) is 5.56 Å². The highest BCUT2D eigenvalue weighted by Crippen LogP contribution is 2.60. The molecule has 1 atom stereocenters. The molecule has 134 valence electrons. The molecule has 2 N–H and O–H groups in total. The summed E-state index contributed by atoms with van der Waals surface area (Å²) in [6, 6.07) is 15.5. The molecule has 0 saturated heterocycles. The largest absolute Gasteiger partial charge is 0.478 e. The lowest BCUT2D eigenvalue weighted by Crippen LogP contribution is -2.15. The van der Waals surface area contributed by atoms with Crippen LogP contribution in [0.4, 0.5) is 5.69 Å². The monoisotopic (exact) mass is 363 g/mol. The van der Waals surface area contributed by atoms with Crippen LogP contribution in [0, 0.1) is 0 Å². The Morgan fingerprint density at radius 3 is 2.08 bits per heavy atom. The minimum atomic E-state index is -3.48. The van der Waals surface area contributed by atoms with Gasteiger partial charge in [-0.05, 0) is 43.7 Å². The zero-order valence-electron chi connectivity index (χ0n) is 14.2. The maximum absolute atomic E-state index is 13.3. The van der Waals surface area contributed by atoms with E-state index in [-0.39, 0.29) is 18.8 Å². The molecule has 7 heteroatoms. The molecule has 2 aromatic rings. The molecule has 0 aliphatic heterocycles. The van der Waals surface area contributed by atoms with Crippen molar-refractivity contribution in [3.8, 4) is 0 Å². The summed E-state index contributed by atoms with van der Waals surface area (Å²) in [5.41, 5.74) is 1.56. The smallest absolute Gasteiger partial charge is 0.357 e. The van der Waals surface area contributed by atoms with Crippen molar-refractivity contribution in [3.05, 3.63) is 65.7 Å². The first-order valence-corrected chi connectivity index (χ1v) is 9.65. The predicted octanol–water partition coefficient (Wildman–Crippen LogP) is 4.76. The maximum Gasteiger partial charge on any atom is 0.357 e. The fourth-order valence-corrected chi connectivity index (χ4v) is 4.33. The summed E-state index contributed by atoms with van der Waals surface area (Å²) in [6.07, 6.45) is 0. The van der Waals surface area contributed by atoms with Crippen LogP contribution < -0.4 is 5.32 Å². The van der Waals surface area contributed by atoms with Gasteiger partial charge in [-0.25, -0.2) is 4.79 Å². The fourth-order valence-electron chi connectivity index (χ4n) is 2.39. The normalized spacial score (nSPS) is 12.6. The van der Waals surface area contributed by atoms with E-state index in [1.165, 1.54) is 12.1 Å². The van der Waals surface area contributed by atoms with E-state index >= 15 is 0 Å². The highest BCUT2D eigenvalue weighted by atomic mass is 31.2. The average molecular weight is 363 g/mol. The standard InChI is InChI=1S/C18H22NO5P/c1-3-23-25(22,24-4-2)17(14-8-6-5-7-9-14)19-16-12-10-15(11-13-16)18(20)21/h5-13,17,19H,3-4H2,1-2H3,(H,20,21)/t17-/m0/s1. The van der Waals surface area contributed by atoms with Crippen molar-refractivity contribution in [1.82, 2.24) is 0 Å². The number of anilines is 1. The Kier molecular flexibility index (Phi) is 6.76. The van der Waals surface area contributed by atoms with Gasteiger partial charge in [0, 0.05) is 5.69 Å². The van der Waals surface area contributed by atoms with E-state index in [1.54, 1.807) is 26.0 Å². The first-order valence-electron chi connectivity index (χ1n) is 8.03. The number of carboxylic acid groups (broad SMARTS) is 1. The quantitative estimate of drug-likeness (QED) is 0.625. The van der Waals surface area contributed by atoms with Gasteiger partial charge in [0.2, 0.25) is 0 Å². The van der Waals surface area contributed by atoms with Crippen LogP contribution in [0.1, 0.15) is 35.6 Å². The molecule has 0 aliphatic rings. The van der Waals surface area contributed by atoms with Crippen LogP contribution in [0.2, 0.25) is 0 Å². The summed E-state index contributed by atoms with van der Waals surface area (Å²) >= 11 is 0. The summed E-state index contributed by atoms with van der Waals surface area (Å²) in [4.78, 5) is 11.0. The Balaban J connectivity index is 2.37. The number of rotatable bonds is 9. The van der Waals surface area contributed by atoms with Crippen molar-refractivity contribution in [3.63, 3.8) is 0 Å². The van der Waals surface area contributed by atoms with Crippen molar-refractivity contribution in [2.24, 2.45) is 0 Å². The van der Waals surface area contributed by atoms with Gasteiger partial charge in [-0.1, -0.05) is 30.3 Å². The van der Waals surface area contributed by atoms with Crippen LogP contribution in [-0.4, -0.2) is 24.3 Å². The molecule has 0 saturated carbocycles. The van der Waals surface area contributed by atoms with E-state index in [9.17, 15) is 9.36 Å². The summed E-state index contributed by atoms with van der Waals surface area (Å²) in [5, 5.41) is 12.2. The number of nitrogens with one attached hydrogen (secondary N) is 1. The molecule has 0 spiro atoms. The minimum Gasteiger partial charge on any atom is -0.478 e. The highest BCUT2D eigenvalue weighted by Gasteiger charge is 2.37. The molecule has 2 aromatic carbocycles. The minimum absolute atomic E-state index is 0.180. The summed E-state index contributed by atoms with van der Waals surface area (Å²) in [6.45, 7) is 4.02. The third kappa shape index (κ3) is 4.92. The third-order valence-electron chi connectivity index (χ3n) is 3.48. The second-order valence-electron chi connectivity index (χ2n) is 5.22. The number of benzene rings is 2. The number of hydrogen-bond donors (Lipinski definition) is 2. The highest BCUT2D eigenvalue weighted by molar-refractivity contribution is 7.54. The Labute approximate surface area is 147 Å². The van der Waals surface area contributed by atoms with Crippen LogP contribution >= 0.6 is 7.60 Å². The van der Waals surface area contributed by atoms with Crippen LogP contribution in [0.5, 0.6) is 0 Å². The van der Waals surface area contributed by atoms with Crippen LogP contribution in [-0.2, 0) is 13.6 Å². The zero-order chi connectivity index (χ0) is 18.3. The molecule has 0 aliphatic carbocycles. The van der Waals surface area contributed by atoms with Gasteiger partial charge in [0.1, 0.15) is 0 Å². The number of carbonyl (C=O) groups is 1. The van der Waals surface area contributed by atoms with E-state index in [0.29, 0.717) is 5.69 Å². The van der Waals surface area contributed by atoms with Crippen molar-refractivity contribution in [2.45, 2.75) is 19.6 Å². The maximum atomic E-state index is 13.3. The summed E-state index contributed by atoms with van der Waals surface area (Å²) < 4.78 is 24.3. The predicted molar refractivity (Wildman–Crippen MR) is 97.1 cm³/mol. The molecule has 0 unspecified atom stereocenters. The Hall–Kier alpha value is -2.14.